The number of carbonyl (C=O) groups is 1. The van der Waals surface area contributed by atoms with Crippen LogP contribution in [0.2, 0.25) is 5.02 Å². The second kappa shape index (κ2) is 7.94. The molecule has 0 aliphatic rings. The molecule has 0 fully saturated rings. The van der Waals surface area contributed by atoms with Gasteiger partial charge in [0.2, 0.25) is 0 Å². The van der Waals surface area contributed by atoms with Gasteiger partial charge in [-0.3, -0.25) is 14.2 Å². The Hall–Kier alpha value is -3.97. The quantitative estimate of drug-likeness (QED) is 0.452. The highest BCUT2D eigenvalue weighted by Crippen LogP contribution is 2.25. The van der Waals surface area contributed by atoms with Crippen molar-refractivity contribution < 1.29 is 4.79 Å². The molecule has 1 N–H and O–H groups in total. The van der Waals surface area contributed by atoms with Gasteiger partial charge in [0.05, 0.1) is 22.6 Å². The lowest BCUT2D eigenvalue weighted by molar-refractivity contribution is 0.0934. The number of hydrogen-bond donors (Lipinski definition) is 1. The lowest BCUT2D eigenvalue weighted by Gasteiger charge is -2.21. The lowest BCUT2D eigenvalue weighted by atomic mass is 10.1. The number of pyridine rings is 1. The topological polar surface area (TPSA) is 81.3 Å². The van der Waals surface area contributed by atoms with Gasteiger partial charge in [-0.25, -0.2) is 9.50 Å². The summed E-state index contributed by atoms with van der Waals surface area (Å²) in [7, 11) is 0. The molecule has 1 atom stereocenters. The van der Waals surface area contributed by atoms with Gasteiger partial charge in [0, 0.05) is 17.6 Å². The van der Waals surface area contributed by atoms with Crippen LogP contribution in [0.3, 0.4) is 0 Å². The SMILES string of the molecule is C[C@H](NC(=O)c1cn2ncccc2n1)c1cc2cccc(Cl)c2c(=O)n1-c1ccccc1. The minimum Gasteiger partial charge on any atom is -0.343 e. The third-order valence-corrected chi connectivity index (χ3v) is 5.61. The van der Waals surface area contributed by atoms with E-state index in [0.717, 1.165) is 0 Å². The number of nitrogens with zero attached hydrogens (tertiary/aromatic N) is 4. The molecule has 0 saturated heterocycles. The Morgan fingerprint density at radius 1 is 1.06 bits per heavy atom. The summed E-state index contributed by atoms with van der Waals surface area (Å²) in [5.41, 5.74) is 1.89. The first-order valence-electron chi connectivity index (χ1n) is 10.0. The predicted octanol–water partition coefficient (Wildman–Crippen LogP) is 4.18. The Kier molecular flexibility index (Phi) is 4.95. The maximum atomic E-state index is 13.5. The van der Waals surface area contributed by atoms with Gasteiger partial charge >= 0.3 is 0 Å². The van der Waals surface area contributed by atoms with E-state index in [4.69, 9.17) is 11.6 Å². The molecule has 0 unspecified atom stereocenters. The van der Waals surface area contributed by atoms with Crippen LogP contribution in [0, 0.1) is 0 Å². The number of aromatic nitrogens is 4. The molecule has 0 spiro atoms. The highest BCUT2D eigenvalue weighted by molar-refractivity contribution is 6.35. The molecule has 32 heavy (non-hydrogen) atoms. The number of amides is 1. The molecule has 5 aromatic rings. The van der Waals surface area contributed by atoms with Gasteiger partial charge in [0.25, 0.3) is 11.5 Å². The number of halogens is 1. The van der Waals surface area contributed by atoms with Crippen LogP contribution in [-0.4, -0.2) is 25.1 Å². The van der Waals surface area contributed by atoms with Crippen molar-refractivity contribution >= 4 is 33.9 Å². The van der Waals surface area contributed by atoms with Gasteiger partial charge in [-0.2, -0.15) is 5.10 Å². The van der Waals surface area contributed by atoms with Crippen molar-refractivity contribution in [3.8, 4) is 5.69 Å². The van der Waals surface area contributed by atoms with Crippen LogP contribution < -0.4 is 10.9 Å². The van der Waals surface area contributed by atoms with Crippen LogP contribution in [0.25, 0.3) is 22.1 Å². The summed E-state index contributed by atoms with van der Waals surface area (Å²) >= 11 is 6.36. The molecule has 0 radical (unpaired) electrons. The Bertz CT molecular complexity index is 1490. The van der Waals surface area contributed by atoms with E-state index in [1.54, 1.807) is 41.2 Å². The molecular formula is C24H18ClN5O2. The van der Waals surface area contributed by atoms with Gasteiger partial charge in [0.1, 0.15) is 5.69 Å². The smallest absolute Gasteiger partial charge is 0.272 e. The first kappa shape index (κ1) is 20.0. The zero-order valence-corrected chi connectivity index (χ0v) is 17.8. The number of benzene rings is 2. The second-order valence-corrected chi connectivity index (χ2v) is 7.80. The Labute approximate surface area is 187 Å². The van der Waals surface area contributed by atoms with E-state index in [0.29, 0.717) is 32.8 Å². The largest absolute Gasteiger partial charge is 0.343 e. The van der Waals surface area contributed by atoms with E-state index in [1.807, 2.05) is 49.4 Å². The van der Waals surface area contributed by atoms with Crippen LogP contribution in [0.4, 0.5) is 0 Å². The van der Waals surface area contributed by atoms with Gasteiger partial charge in [-0.05, 0) is 48.7 Å². The summed E-state index contributed by atoms with van der Waals surface area (Å²) in [6.07, 6.45) is 3.19. The van der Waals surface area contributed by atoms with Crippen molar-refractivity contribution in [2.45, 2.75) is 13.0 Å². The molecule has 0 bridgehead atoms. The van der Waals surface area contributed by atoms with E-state index in [-0.39, 0.29) is 17.2 Å². The normalized spacial score (nSPS) is 12.2. The molecule has 158 valence electrons. The summed E-state index contributed by atoms with van der Waals surface area (Å²) in [6.45, 7) is 1.83. The van der Waals surface area contributed by atoms with E-state index in [2.05, 4.69) is 15.4 Å². The lowest BCUT2D eigenvalue weighted by Crippen LogP contribution is -2.32. The van der Waals surface area contributed by atoms with E-state index in [9.17, 15) is 9.59 Å². The molecular weight excluding hydrogens is 426 g/mol. The van der Waals surface area contributed by atoms with E-state index < -0.39 is 6.04 Å². The minimum absolute atomic E-state index is 0.243. The average molecular weight is 444 g/mol. The highest BCUT2D eigenvalue weighted by Gasteiger charge is 2.20. The van der Waals surface area contributed by atoms with Crippen LogP contribution >= 0.6 is 11.6 Å². The number of rotatable bonds is 4. The fourth-order valence-corrected chi connectivity index (χ4v) is 4.05. The predicted molar refractivity (Wildman–Crippen MR) is 123 cm³/mol. The van der Waals surface area contributed by atoms with Gasteiger partial charge in [-0.1, -0.05) is 41.9 Å². The first-order valence-corrected chi connectivity index (χ1v) is 10.4. The molecule has 1 amide bonds. The minimum atomic E-state index is -0.489. The van der Waals surface area contributed by atoms with Crippen LogP contribution in [0.1, 0.15) is 29.1 Å². The zero-order chi connectivity index (χ0) is 22.2. The van der Waals surface area contributed by atoms with Crippen molar-refractivity contribution in [1.29, 1.82) is 0 Å². The number of para-hydroxylation sites is 1. The Morgan fingerprint density at radius 2 is 1.88 bits per heavy atom. The number of nitrogens with one attached hydrogen (secondary N) is 1. The number of imidazole rings is 1. The Balaban J connectivity index is 1.60. The summed E-state index contributed by atoms with van der Waals surface area (Å²) < 4.78 is 3.13. The van der Waals surface area contributed by atoms with Crippen molar-refractivity contribution in [2.24, 2.45) is 0 Å². The standard InChI is InChI=1S/C24H18ClN5O2/c1-15(27-23(31)19-14-29-21(28-19)11-6-12-26-29)20-13-16-7-5-10-18(25)22(16)24(32)30(20)17-8-3-2-4-9-17/h2-15H,1H3,(H,27,31)/t15-/m0/s1. The van der Waals surface area contributed by atoms with E-state index in [1.165, 1.54) is 4.52 Å². The van der Waals surface area contributed by atoms with Gasteiger partial charge in [0.15, 0.2) is 5.65 Å². The maximum Gasteiger partial charge on any atom is 0.272 e. The highest BCUT2D eigenvalue weighted by atomic mass is 35.5. The summed E-state index contributed by atoms with van der Waals surface area (Å²) in [6, 6.07) is 19.5. The van der Waals surface area contributed by atoms with Crippen molar-refractivity contribution in [1.82, 2.24) is 24.5 Å². The maximum absolute atomic E-state index is 13.5. The summed E-state index contributed by atoms with van der Waals surface area (Å²) in [5.74, 6) is -0.360. The monoisotopic (exact) mass is 443 g/mol. The average Bonchev–Trinajstić information content (AvgIpc) is 3.24. The fourth-order valence-electron chi connectivity index (χ4n) is 3.79. The van der Waals surface area contributed by atoms with Crippen molar-refractivity contribution in [3.05, 3.63) is 106 Å². The molecule has 0 saturated carbocycles. The molecule has 0 aliphatic carbocycles. The van der Waals surface area contributed by atoms with Gasteiger partial charge in [-0.15, -0.1) is 0 Å². The second-order valence-electron chi connectivity index (χ2n) is 7.40. The van der Waals surface area contributed by atoms with Crippen LogP contribution in [0.5, 0.6) is 0 Å². The molecule has 3 aromatic heterocycles. The van der Waals surface area contributed by atoms with Crippen LogP contribution in [-0.2, 0) is 0 Å². The third-order valence-electron chi connectivity index (χ3n) is 5.30. The molecule has 8 heteroatoms. The molecule has 0 aliphatic heterocycles. The van der Waals surface area contributed by atoms with Crippen LogP contribution in [0.15, 0.2) is 83.9 Å². The molecule has 7 nitrogen and oxygen atoms in total. The van der Waals surface area contributed by atoms with Crippen molar-refractivity contribution in [3.63, 3.8) is 0 Å². The first-order chi connectivity index (χ1) is 15.5. The number of hydrogen-bond acceptors (Lipinski definition) is 4. The third kappa shape index (κ3) is 3.42. The Morgan fingerprint density at radius 3 is 2.66 bits per heavy atom. The van der Waals surface area contributed by atoms with E-state index >= 15 is 0 Å². The number of carbonyl (C=O) groups excluding carboxylic acids is 1. The fraction of sp³-hybridized carbons (Fsp3) is 0.0833. The number of fused-ring (bicyclic) bond motifs is 2. The zero-order valence-electron chi connectivity index (χ0n) is 17.1. The van der Waals surface area contributed by atoms with Crippen molar-refractivity contribution in [2.75, 3.05) is 0 Å². The summed E-state index contributed by atoms with van der Waals surface area (Å²) in [5, 5.41) is 8.63. The molecule has 3 heterocycles. The summed E-state index contributed by atoms with van der Waals surface area (Å²) in [4.78, 5) is 30.7. The molecule has 5 rings (SSSR count). The molecule has 2 aromatic carbocycles. The van der Waals surface area contributed by atoms with Gasteiger partial charge < -0.3 is 5.32 Å².